The molecule has 114 valence electrons. The maximum Gasteiger partial charge on any atom is 0.0900 e. The summed E-state index contributed by atoms with van der Waals surface area (Å²) < 4.78 is 16.0. The van der Waals surface area contributed by atoms with E-state index in [0.29, 0.717) is 25.7 Å². The zero-order chi connectivity index (χ0) is 14.3. The average molecular weight is 275 g/mol. The van der Waals surface area contributed by atoms with Crippen molar-refractivity contribution < 1.29 is 19.3 Å². The van der Waals surface area contributed by atoms with Gasteiger partial charge in [-0.3, -0.25) is 4.90 Å². The Kier molecular flexibility index (Phi) is 7.87. The van der Waals surface area contributed by atoms with Crippen molar-refractivity contribution in [1.82, 2.24) is 4.90 Å². The van der Waals surface area contributed by atoms with E-state index < -0.39 is 6.10 Å². The van der Waals surface area contributed by atoms with E-state index in [2.05, 4.69) is 11.8 Å². The fraction of sp³-hybridized carbons (Fsp3) is 1.00. The van der Waals surface area contributed by atoms with Crippen molar-refractivity contribution >= 4 is 0 Å². The largest absolute Gasteiger partial charge is 0.389 e. The first kappa shape index (κ1) is 16.9. The van der Waals surface area contributed by atoms with Crippen LogP contribution in [0.2, 0.25) is 0 Å². The lowest BCUT2D eigenvalue weighted by atomic mass is 9.95. The third-order valence-corrected chi connectivity index (χ3v) is 3.72. The summed E-state index contributed by atoms with van der Waals surface area (Å²) in [5.41, 5.74) is 0. The molecule has 0 amide bonds. The van der Waals surface area contributed by atoms with E-state index in [1.807, 2.05) is 6.92 Å². The van der Waals surface area contributed by atoms with Gasteiger partial charge in [0.2, 0.25) is 0 Å². The molecule has 1 fully saturated rings. The van der Waals surface area contributed by atoms with Crippen LogP contribution in [-0.4, -0.2) is 75.4 Å². The number of aliphatic hydroxyl groups excluding tert-OH is 1. The Balaban J connectivity index is 2.22. The molecule has 1 aliphatic heterocycles. The van der Waals surface area contributed by atoms with Gasteiger partial charge in [0, 0.05) is 27.3 Å². The van der Waals surface area contributed by atoms with Gasteiger partial charge in [-0.1, -0.05) is 6.92 Å². The molecule has 4 atom stereocenters. The topological polar surface area (TPSA) is 51.2 Å². The van der Waals surface area contributed by atoms with E-state index in [-0.39, 0.29) is 12.2 Å². The van der Waals surface area contributed by atoms with E-state index >= 15 is 0 Å². The van der Waals surface area contributed by atoms with Crippen LogP contribution >= 0.6 is 0 Å². The minimum absolute atomic E-state index is 0.0211. The normalized spacial score (nSPS) is 28.3. The first-order chi connectivity index (χ1) is 9.06. The highest BCUT2D eigenvalue weighted by atomic mass is 16.5. The minimum Gasteiger partial charge on any atom is -0.389 e. The van der Waals surface area contributed by atoms with Crippen molar-refractivity contribution in [3.8, 4) is 0 Å². The van der Waals surface area contributed by atoms with Crippen molar-refractivity contribution in [2.75, 3.05) is 47.1 Å². The number of nitrogens with zero attached hydrogens (tertiary/aromatic N) is 1. The van der Waals surface area contributed by atoms with Gasteiger partial charge >= 0.3 is 0 Å². The Morgan fingerprint density at radius 1 is 1.32 bits per heavy atom. The number of β-amino-alcohol motifs (C(OH)–C–C–N with tert-alkyl or cyclic N) is 1. The number of likely N-dealkylation sites (tertiary alicyclic amines) is 1. The molecule has 5 heteroatoms. The van der Waals surface area contributed by atoms with Gasteiger partial charge < -0.3 is 19.3 Å². The van der Waals surface area contributed by atoms with Gasteiger partial charge in [-0.15, -0.1) is 0 Å². The molecule has 0 bridgehead atoms. The van der Waals surface area contributed by atoms with Crippen molar-refractivity contribution in [1.29, 1.82) is 0 Å². The highest BCUT2D eigenvalue weighted by Gasteiger charge is 2.27. The third kappa shape index (κ3) is 6.19. The number of aliphatic hydroxyl groups is 1. The SMILES string of the molecule is COCC(C)OCC(O)CN1CCC(C)C(OC)C1. The maximum absolute atomic E-state index is 10.00. The smallest absolute Gasteiger partial charge is 0.0900 e. The number of rotatable bonds is 8. The number of hydrogen-bond donors (Lipinski definition) is 1. The quantitative estimate of drug-likeness (QED) is 0.708. The van der Waals surface area contributed by atoms with Crippen LogP contribution in [0.1, 0.15) is 20.3 Å². The van der Waals surface area contributed by atoms with Crippen molar-refractivity contribution in [3.63, 3.8) is 0 Å². The van der Waals surface area contributed by atoms with Gasteiger partial charge in [-0.05, 0) is 25.8 Å². The van der Waals surface area contributed by atoms with Crippen molar-refractivity contribution in [2.45, 2.75) is 38.6 Å². The highest BCUT2D eigenvalue weighted by Crippen LogP contribution is 2.19. The number of hydrogen-bond acceptors (Lipinski definition) is 5. The summed E-state index contributed by atoms with van der Waals surface area (Å²) >= 11 is 0. The standard InChI is InChI=1S/C14H29NO4/c1-11-5-6-15(8-14(11)18-4)7-13(16)10-19-12(2)9-17-3/h11-14,16H,5-10H2,1-4H3. The Hall–Kier alpha value is -0.200. The lowest BCUT2D eigenvalue weighted by molar-refractivity contribution is -0.0547. The van der Waals surface area contributed by atoms with E-state index in [1.54, 1.807) is 14.2 Å². The molecule has 4 unspecified atom stereocenters. The molecule has 1 aliphatic rings. The highest BCUT2D eigenvalue weighted by molar-refractivity contribution is 4.79. The zero-order valence-corrected chi connectivity index (χ0v) is 12.7. The van der Waals surface area contributed by atoms with Crippen molar-refractivity contribution in [2.24, 2.45) is 5.92 Å². The van der Waals surface area contributed by atoms with Crippen LogP contribution in [0.5, 0.6) is 0 Å². The molecule has 0 aliphatic carbocycles. The Morgan fingerprint density at radius 3 is 2.68 bits per heavy atom. The van der Waals surface area contributed by atoms with Gasteiger partial charge in [0.05, 0.1) is 31.5 Å². The summed E-state index contributed by atoms with van der Waals surface area (Å²) in [5, 5.41) is 10.00. The summed E-state index contributed by atoms with van der Waals surface area (Å²) in [4.78, 5) is 2.25. The Labute approximate surface area is 116 Å². The molecule has 0 spiro atoms. The van der Waals surface area contributed by atoms with Gasteiger partial charge in [-0.25, -0.2) is 0 Å². The minimum atomic E-state index is -0.454. The molecule has 0 radical (unpaired) electrons. The zero-order valence-electron chi connectivity index (χ0n) is 12.7. The van der Waals surface area contributed by atoms with Gasteiger partial charge in [-0.2, -0.15) is 0 Å². The fourth-order valence-electron chi connectivity index (χ4n) is 2.48. The Bertz CT molecular complexity index is 239. The second-order valence-electron chi connectivity index (χ2n) is 5.55. The molecule has 19 heavy (non-hydrogen) atoms. The van der Waals surface area contributed by atoms with Gasteiger partial charge in [0.25, 0.3) is 0 Å². The van der Waals surface area contributed by atoms with Crippen LogP contribution < -0.4 is 0 Å². The average Bonchev–Trinajstić information content (AvgIpc) is 2.39. The van der Waals surface area contributed by atoms with E-state index in [9.17, 15) is 5.11 Å². The molecule has 0 aromatic heterocycles. The summed E-state index contributed by atoms with van der Waals surface area (Å²) in [5.74, 6) is 0.594. The molecule has 0 aromatic carbocycles. The molecular formula is C14H29NO4. The third-order valence-electron chi connectivity index (χ3n) is 3.72. The molecule has 1 saturated heterocycles. The summed E-state index contributed by atoms with van der Waals surface area (Å²) in [6.45, 7) is 7.63. The maximum atomic E-state index is 10.00. The van der Waals surface area contributed by atoms with Crippen molar-refractivity contribution in [3.05, 3.63) is 0 Å². The summed E-state index contributed by atoms with van der Waals surface area (Å²) in [7, 11) is 3.41. The lowest BCUT2D eigenvalue weighted by Gasteiger charge is -2.37. The van der Waals surface area contributed by atoms with Gasteiger partial charge in [0.15, 0.2) is 0 Å². The second-order valence-corrected chi connectivity index (χ2v) is 5.55. The summed E-state index contributed by atoms with van der Waals surface area (Å²) in [6.07, 6.45) is 0.957. The van der Waals surface area contributed by atoms with Gasteiger partial charge in [0.1, 0.15) is 0 Å². The van der Waals surface area contributed by atoms with E-state index in [4.69, 9.17) is 14.2 Å². The monoisotopic (exact) mass is 275 g/mol. The van der Waals surface area contributed by atoms with Crippen LogP contribution in [0.4, 0.5) is 0 Å². The van der Waals surface area contributed by atoms with Crippen LogP contribution in [-0.2, 0) is 14.2 Å². The van der Waals surface area contributed by atoms with Crippen LogP contribution in [0.15, 0.2) is 0 Å². The number of piperidine rings is 1. The molecule has 1 N–H and O–H groups in total. The molecule has 0 saturated carbocycles. The predicted octanol–water partition coefficient (Wildman–Crippen LogP) is 0.756. The number of methoxy groups -OCH3 is 2. The first-order valence-electron chi connectivity index (χ1n) is 7.10. The molecular weight excluding hydrogens is 246 g/mol. The van der Waals surface area contributed by atoms with E-state index in [0.717, 1.165) is 19.5 Å². The molecule has 0 aromatic rings. The Morgan fingerprint density at radius 2 is 2.05 bits per heavy atom. The summed E-state index contributed by atoms with van der Waals surface area (Å²) in [6, 6.07) is 0. The fourth-order valence-corrected chi connectivity index (χ4v) is 2.48. The van der Waals surface area contributed by atoms with Crippen LogP contribution in [0.25, 0.3) is 0 Å². The van der Waals surface area contributed by atoms with Crippen LogP contribution in [0, 0.1) is 5.92 Å². The van der Waals surface area contributed by atoms with Crippen LogP contribution in [0.3, 0.4) is 0 Å². The lowest BCUT2D eigenvalue weighted by Crippen LogP contribution is -2.47. The second kappa shape index (κ2) is 8.87. The first-order valence-corrected chi connectivity index (χ1v) is 7.10. The molecule has 1 heterocycles. The predicted molar refractivity (Wildman–Crippen MR) is 74.3 cm³/mol. The molecule has 5 nitrogen and oxygen atoms in total. The number of ether oxygens (including phenoxy) is 3. The molecule has 1 rings (SSSR count). The van der Waals surface area contributed by atoms with E-state index in [1.165, 1.54) is 0 Å².